The van der Waals surface area contributed by atoms with Crippen molar-refractivity contribution in [2.45, 2.75) is 0 Å². The van der Waals surface area contributed by atoms with E-state index in [0.717, 1.165) is 35.2 Å². The average molecular weight is 331 g/mol. The van der Waals surface area contributed by atoms with Gasteiger partial charge in [0.2, 0.25) is 5.95 Å². The third kappa shape index (κ3) is 2.62. The first-order valence-electron chi connectivity index (χ1n) is 8.03. The lowest BCUT2D eigenvalue weighted by molar-refractivity contribution is 0.425. The standard InChI is InChI=1S/C18H17N7/c1-24(2)8-7-20-18-21-11-13-9-12(10-19)16-22-14-5-3-4-6-15(14)25(16)17(13)23-18/h3-6,9,11H,7-8H2,1-2H3,(H,20,21,23). The van der Waals surface area contributed by atoms with Crippen molar-refractivity contribution in [3.8, 4) is 6.07 Å². The van der Waals surface area contributed by atoms with E-state index in [0.29, 0.717) is 17.2 Å². The first-order valence-corrected chi connectivity index (χ1v) is 8.03. The monoisotopic (exact) mass is 331 g/mol. The van der Waals surface area contributed by atoms with Crippen molar-refractivity contribution in [3.05, 3.63) is 42.1 Å². The van der Waals surface area contributed by atoms with Gasteiger partial charge in [0.1, 0.15) is 6.07 Å². The molecular formula is C18H17N7. The number of benzene rings is 1. The quantitative estimate of drug-likeness (QED) is 0.618. The van der Waals surface area contributed by atoms with Crippen molar-refractivity contribution < 1.29 is 0 Å². The fraction of sp³-hybridized carbons (Fsp3) is 0.222. The van der Waals surface area contributed by atoms with Crippen LogP contribution in [0.25, 0.3) is 27.7 Å². The van der Waals surface area contributed by atoms with Crippen LogP contribution < -0.4 is 5.32 Å². The third-order valence-electron chi connectivity index (χ3n) is 4.07. The van der Waals surface area contributed by atoms with Gasteiger partial charge in [0, 0.05) is 24.7 Å². The van der Waals surface area contributed by atoms with Crippen LogP contribution in [0.1, 0.15) is 5.56 Å². The molecule has 0 radical (unpaired) electrons. The maximum Gasteiger partial charge on any atom is 0.224 e. The minimum atomic E-state index is 0.514. The predicted octanol–water partition coefficient (Wildman–Crippen LogP) is 2.28. The number of fused-ring (bicyclic) bond motifs is 5. The van der Waals surface area contributed by atoms with E-state index in [1.807, 2.05) is 42.8 Å². The van der Waals surface area contributed by atoms with E-state index in [4.69, 9.17) is 0 Å². The number of rotatable bonds is 4. The number of nitriles is 1. The van der Waals surface area contributed by atoms with Gasteiger partial charge in [0.25, 0.3) is 0 Å². The second-order valence-corrected chi connectivity index (χ2v) is 6.13. The maximum atomic E-state index is 9.48. The number of nitrogens with zero attached hydrogens (tertiary/aromatic N) is 6. The zero-order chi connectivity index (χ0) is 17.4. The SMILES string of the molecule is CN(C)CCNc1ncc2cc(C#N)c3nc4ccccc4n3c2n1. The van der Waals surface area contributed by atoms with Crippen LogP contribution in [-0.4, -0.2) is 51.4 Å². The summed E-state index contributed by atoms with van der Waals surface area (Å²) in [7, 11) is 4.04. The number of imidazole rings is 1. The van der Waals surface area contributed by atoms with Gasteiger partial charge >= 0.3 is 0 Å². The Kier molecular flexibility index (Phi) is 3.67. The fourth-order valence-electron chi connectivity index (χ4n) is 2.86. The van der Waals surface area contributed by atoms with Gasteiger partial charge < -0.3 is 10.2 Å². The van der Waals surface area contributed by atoms with E-state index >= 15 is 0 Å². The minimum Gasteiger partial charge on any atom is -0.353 e. The molecule has 0 bridgehead atoms. The lowest BCUT2D eigenvalue weighted by Crippen LogP contribution is -2.21. The van der Waals surface area contributed by atoms with Crippen molar-refractivity contribution in [1.29, 1.82) is 5.26 Å². The molecule has 3 aromatic heterocycles. The molecular weight excluding hydrogens is 314 g/mol. The summed E-state index contributed by atoms with van der Waals surface area (Å²) in [5.74, 6) is 0.568. The number of para-hydroxylation sites is 2. The summed E-state index contributed by atoms with van der Waals surface area (Å²) >= 11 is 0. The van der Waals surface area contributed by atoms with Crippen LogP contribution in [0.15, 0.2) is 36.5 Å². The van der Waals surface area contributed by atoms with Crippen LogP contribution in [-0.2, 0) is 0 Å². The van der Waals surface area contributed by atoms with Crippen molar-refractivity contribution in [2.75, 3.05) is 32.5 Å². The molecule has 0 aliphatic carbocycles. The van der Waals surface area contributed by atoms with Crippen molar-refractivity contribution in [2.24, 2.45) is 0 Å². The largest absolute Gasteiger partial charge is 0.353 e. The zero-order valence-electron chi connectivity index (χ0n) is 14.1. The molecule has 0 saturated heterocycles. The van der Waals surface area contributed by atoms with E-state index < -0.39 is 0 Å². The smallest absolute Gasteiger partial charge is 0.224 e. The van der Waals surface area contributed by atoms with E-state index in [-0.39, 0.29) is 0 Å². The summed E-state index contributed by atoms with van der Waals surface area (Å²) in [4.78, 5) is 15.7. The van der Waals surface area contributed by atoms with Crippen molar-refractivity contribution in [1.82, 2.24) is 24.3 Å². The van der Waals surface area contributed by atoms with Crippen LogP contribution >= 0.6 is 0 Å². The van der Waals surface area contributed by atoms with Crippen LogP contribution in [0.2, 0.25) is 0 Å². The number of aromatic nitrogens is 4. The maximum absolute atomic E-state index is 9.48. The molecule has 0 fully saturated rings. The van der Waals surface area contributed by atoms with Crippen LogP contribution in [0.3, 0.4) is 0 Å². The van der Waals surface area contributed by atoms with Gasteiger partial charge in [-0.2, -0.15) is 10.2 Å². The van der Waals surface area contributed by atoms with Gasteiger partial charge in [0.05, 0.1) is 16.6 Å². The van der Waals surface area contributed by atoms with E-state index in [2.05, 4.69) is 31.2 Å². The highest BCUT2D eigenvalue weighted by Gasteiger charge is 2.14. The molecule has 1 aromatic carbocycles. The van der Waals surface area contributed by atoms with E-state index in [9.17, 15) is 5.26 Å². The normalized spacial score (nSPS) is 11.4. The molecule has 0 aliphatic heterocycles. The van der Waals surface area contributed by atoms with Gasteiger partial charge in [0.15, 0.2) is 11.3 Å². The number of nitrogens with one attached hydrogen (secondary N) is 1. The summed E-state index contributed by atoms with van der Waals surface area (Å²) in [5, 5.41) is 13.5. The van der Waals surface area contributed by atoms with Crippen LogP contribution in [0, 0.1) is 11.3 Å². The van der Waals surface area contributed by atoms with Crippen LogP contribution in [0.4, 0.5) is 5.95 Å². The number of hydrogen-bond donors (Lipinski definition) is 1. The molecule has 7 heteroatoms. The van der Waals surface area contributed by atoms with E-state index in [1.54, 1.807) is 12.3 Å². The third-order valence-corrected chi connectivity index (χ3v) is 4.07. The zero-order valence-corrected chi connectivity index (χ0v) is 14.1. The highest BCUT2D eigenvalue weighted by molar-refractivity contribution is 5.91. The number of likely N-dealkylation sites (N-methyl/N-ethyl adjacent to an activating group) is 1. The van der Waals surface area contributed by atoms with Crippen molar-refractivity contribution >= 4 is 33.7 Å². The molecule has 0 atom stereocenters. The molecule has 3 heterocycles. The Balaban J connectivity index is 1.94. The summed E-state index contributed by atoms with van der Waals surface area (Å²) in [6.45, 7) is 1.64. The summed E-state index contributed by atoms with van der Waals surface area (Å²) in [6.07, 6.45) is 1.75. The molecule has 1 N–H and O–H groups in total. The molecule has 0 amide bonds. The van der Waals surface area contributed by atoms with Gasteiger partial charge in [-0.25, -0.2) is 9.97 Å². The van der Waals surface area contributed by atoms with Gasteiger partial charge in [-0.1, -0.05) is 12.1 Å². The second kappa shape index (κ2) is 6.00. The molecule has 7 nitrogen and oxygen atoms in total. The number of hydrogen-bond acceptors (Lipinski definition) is 6. The molecule has 0 aliphatic rings. The Hall–Kier alpha value is -3.24. The highest BCUT2D eigenvalue weighted by Crippen LogP contribution is 2.25. The lowest BCUT2D eigenvalue weighted by atomic mass is 10.2. The summed E-state index contributed by atoms with van der Waals surface area (Å²) < 4.78 is 1.93. The molecule has 0 unspecified atom stereocenters. The second-order valence-electron chi connectivity index (χ2n) is 6.13. The van der Waals surface area contributed by atoms with Gasteiger partial charge in [-0.15, -0.1) is 0 Å². The summed E-state index contributed by atoms with van der Waals surface area (Å²) in [5.41, 5.74) is 3.64. The topological polar surface area (TPSA) is 82.1 Å². The summed E-state index contributed by atoms with van der Waals surface area (Å²) in [6, 6.07) is 11.8. The molecule has 0 spiro atoms. The van der Waals surface area contributed by atoms with Gasteiger partial charge in [-0.3, -0.25) is 4.40 Å². The fourth-order valence-corrected chi connectivity index (χ4v) is 2.86. The lowest BCUT2D eigenvalue weighted by Gasteiger charge is -2.11. The Morgan fingerprint density at radius 1 is 1.20 bits per heavy atom. The highest BCUT2D eigenvalue weighted by atomic mass is 15.2. The van der Waals surface area contributed by atoms with E-state index in [1.165, 1.54) is 0 Å². The Morgan fingerprint density at radius 3 is 2.84 bits per heavy atom. The minimum absolute atomic E-state index is 0.514. The number of anilines is 1. The molecule has 4 aromatic rings. The average Bonchev–Trinajstić information content (AvgIpc) is 3.00. The Morgan fingerprint density at radius 2 is 2.04 bits per heavy atom. The molecule has 0 saturated carbocycles. The first-order chi connectivity index (χ1) is 12.2. The first kappa shape index (κ1) is 15.3. The number of pyridine rings is 1. The Labute approximate surface area is 144 Å². The van der Waals surface area contributed by atoms with Gasteiger partial charge in [-0.05, 0) is 32.3 Å². The van der Waals surface area contributed by atoms with Crippen molar-refractivity contribution in [3.63, 3.8) is 0 Å². The van der Waals surface area contributed by atoms with Crippen LogP contribution in [0.5, 0.6) is 0 Å². The molecule has 4 rings (SSSR count). The molecule has 25 heavy (non-hydrogen) atoms. The molecule has 124 valence electrons. The predicted molar refractivity (Wildman–Crippen MR) is 97.6 cm³/mol. The Bertz CT molecular complexity index is 1120.